The minimum Gasteiger partial charge on any atom is -0.302 e. The fourth-order valence-electron chi connectivity index (χ4n) is 4.70. The first-order valence-corrected chi connectivity index (χ1v) is 13.3. The van der Waals surface area contributed by atoms with Crippen molar-refractivity contribution < 1.29 is 4.79 Å². The highest BCUT2D eigenvalue weighted by Crippen LogP contribution is 2.31. The molecule has 0 saturated heterocycles. The lowest BCUT2D eigenvalue weighted by Crippen LogP contribution is -2.36. The Morgan fingerprint density at radius 2 is 2.05 bits per heavy atom. The molecule has 0 bridgehead atoms. The van der Waals surface area contributed by atoms with E-state index in [9.17, 15) is 4.79 Å². The quantitative estimate of drug-likeness (QED) is 0.354. The molecule has 5 rings (SSSR count). The summed E-state index contributed by atoms with van der Waals surface area (Å²) in [7, 11) is 2.07. The van der Waals surface area contributed by atoms with Gasteiger partial charge in [-0.2, -0.15) is 15.6 Å². The number of fused-ring (bicyclic) bond motifs is 1. The molecule has 1 unspecified atom stereocenters. The number of thiazole rings is 1. The molecule has 0 fully saturated rings. The number of anilines is 1. The lowest BCUT2D eigenvalue weighted by Gasteiger charge is -2.29. The number of aromatic nitrogens is 3. The van der Waals surface area contributed by atoms with Crippen molar-refractivity contribution in [1.82, 2.24) is 19.7 Å². The number of carbonyl (C=O) groups excluding carboxylic acids is 1. The summed E-state index contributed by atoms with van der Waals surface area (Å²) in [5, 5.41) is 25.9. The third kappa shape index (κ3) is 5.81. The monoisotopic (exact) mass is 521 g/mol. The van der Waals surface area contributed by atoms with Gasteiger partial charge in [-0.05, 0) is 61.7 Å². The highest BCUT2D eigenvalue weighted by molar-refractivity contribution is 7.15. The molecule has 190 valence electrons. The molecule has 0 aliphatic heterocycles. The van der Waals surface area contributed by atoms with Gasteiger partial charge in [0.15, 0.2) is 5.13 Å². The molecule has 1 aliphatic carbocycles. The summed E-state index contributed by atoms with van der Waals surface area (Å²) < 4.78 is 1.84. The second-order valence-corrected chi connectivity index (χ2v) is 10.5. The summed E-state index contributed by atoms with van der Waals surface area (Å²) in [6.45, 7) is 1.30. The highest BCUT2D eigenvalue weighted by atomic mass is 32.1. The largest absolute Gasteiger partial charge is 0.302 e. The Morgan fingerprint density at radius 3 is 2.84 bits per heavy atom. The average Bonchev–Trinajstić information content (AvgIpc) is 3.58. The smallest absolute Gasteiger partial charge is 0.257 e. The van der Waals surface area contributed by atoms with Crippen LogP contribution in [0.5, 0.6) is 0 Å². The highest BCUT2D eigenvalue weighted by Gasteiger charge is 2.25. The molecule has 1 N–H and O–H groups in total. The zero-order chi connectivity index (χ0) is 26.5. The molecule has 9 heteroatoms. The van der Waals surface area contributed by atoms with E-state index in [0.717, 1.165) is 48.2 Å². The van der Waals surface area contributed by atoms with Gasteiger partial charge < -0.3 is 4.90 Å². The minimum absolute atomic E-state index is 0.181. The van der Waals surface area contributed by atoms with Gasteiger partial charge in [-0.3, -0.25) is 14.8 Å². The molecule has 2 aromatic carbocycles. The number of nitrogens with one attached hydrogen (secondary N) is 1. The SMILES string of the molecule is CN(CCC#N)C1CCc2nc(NC(=O)c3cccc(Cn4cc(-c5ccc(C#N)cc5)cn4)c3)sc2C1. The van der Waals surface area contributed by atoms with Gasteiger partial charge in [-0.25, -0.2) is 4.98 Å². The summed E-state index contributed by atoms with van der Waals surface area (Å²) in [4.78, 5) is 21.2. The van der Waals surface area contributed by atoms with Crippen molar-refractivity contribution in [3.63, 3.8) is 0 Å². The molecule has 2 heterocycles. The number of amides is 1. The molecule has 4 aromatic rings. The maximum atomic E-state index is 13.0. The van der Waals surface area contributed by atoms with Gasteiger partial charge >= 0.3 is 0 Å². The normalized spacial score (nSPS) is 14.5. The van der Waals surface area contributed by atoms with Crippen LogP contribution in [-0.2, 0) is 19.4 Å². The number of hydrogen-bond acceptors (Lipinski definition) is 7. The third-order valence-corrected chi connectivity index (χ3v) is 7.88. The predicted molar refractivity (Wildman–Crippen MR) is 147 cm³/mol. The van der Waals surface area contributed by atoms with Crippen LogP contribution in [0.15, 0.2) is 60.9 Å². The second-order valence-electron chi connectivity index (χ2n) is 9.44. The molecule has 1 atom stereocenters. The van der Waals surface area contributed by atoms with Gasteiger partial charge in [0.25, 0.3) is 5.91 Å². The zero-order valence-corrected chi connectivity index (χ0v) is 21.9. The van der Waals surface area contributed by atoms with Crippen molar-refractivity contribution in [3.8, 4) is 23.3 Å². The van der Waals surface area contributed by atoms with Gasteiger partial charge in [0.2, 0.25) is 0 Å². The first kappa shape index (κ1) is 25.3. The third-order valence-electron chi connectivity index (χ3n) is 6.85. The van der Waals surface area contributed by atoms with Crippen LogP contribution in [0.3, 0.4) is 0 Å². The van der Waals surface area contributed by atoms with Crippen LogP contribution in [0.25, 0.3) is 11.1 Å². The molecule has 1 amide bonds. The van der Waals surface area contributed by atoms with E-state index in [1.54, 1.807) is 35.7 Å². The first-order valence-electron chi connectivity index (χ1n) is 12.5. The van der Waals surface area contributed by atoms with Crippen LogP contribution in [0.1, 0.15) is 44.9 Å². The summed E-state index contributed by atoms with van der Waals surface area (Å²) in [5.41, 5.74) is 5.20. The molecule has 1 aliphatic rings. The number of benzene rings is 2. The Balaban J connectivity index is 1.22. The summed E-state index contributed by atoms with van der Waals surface area (Å²) >= 11 is 1.55. The van der Waals surface area contributed by atoms with Crippen LogP contribution < -0.4 is 5.32 Å². The fraction of sp³-hybridized carbons (Fsp3) is 0.276. The van der Waals surface area contributed by atoms with Crippen molar-refractivity contribution in [2.24, 2.45) is 0 Å². The van der Waals surface area contributed by atoms with Crippen molar-refractivity contribution in [1.29, 1.82) is 10.5 Å². The van der Waals surface area contributed by atoms with Gasteiger partial charge in [0.1, 0.15) is 0 Å². The topological polar surface area (TPSA) is 111 Å². The van der Waals surface area contributed by atoms with E-state index in [2.05, 4.69) is 39.5 Å². The molecule has 0 spiro atoms. The number of rotatable bonds is 8. The maximum Gasteiger partial charge on any atom is 0.257 e. The van der Waals surface area contributed by atoms with Crippen LogP contribution >= 0.6 is 11.3 Å². The molecule has 8 nitrogen and oxygen atoms in total. The molecule has 0 radical (unpaired) electrons. The number of likely N-dealkylation sites (N-methyl/N-ethyl adjacent to an activating group) is 1. The van der Waals surface area contributed by atoms with Gasteiger partial charge in [-0.15, -0.1) is 11.3 Å². The Labute approximate surface area is 225 Å². The number of hydrogen-bond donors (Lipinski definition) is 1. The Morgan fingerprint density at radius 1 is 1.21 bits per heavy atom. The summed E-state index contributed by atoms with van der Waals surface area (Å²) in [5.74, 6) is -0.181. The minimum atomic E-state index is -0.181. The van der Waals surface area contributed by atoms with E-state index in [-0.39, 0.29) is 5.91 Å². The van der Waals surface area contributed by atoms with Crippen LogP contribution in [0, 0.1) is 22.7 Å². The van der Waals surface area contributed by atoms with Crippen molar-refractivity contribution >= 4 is 22.4 Å². The number of nitrogens with zero attached hydrogens (tertiary/aromatic N) is 6. The van der Waals surface area contributed by atoms with Gasteiger partial charge in [0.05, 0.1) is 36.1 Å². The van der Waals surface area contributed by atoms with E-state index < -0.39 is 0 Å². The van der Waals surface area contributed by atoms with E-state index >= 15 is 0 Å². The molecular formula is C29H27N7OS. The predicted octanol–water partition coefficient (Wildman–Crippen LogP) is 4.88. The summed E-state index contributed by atoms with van der Waals surface area (Å²) in [6.07, 6.45) is 7.07. The van der Waals surface area contributed by atoms with Crippen LogP contribution in [0.2, 0.25) is 0 Å². The van der Waals surface area contributed by atoms with E-state index in [1.807, 2.05) is 41.2 Å². The lowest BCUT2D eigenvalue weighted by atomic mass is 9.96. The van der Waals surface area contributed by atoms with E-state index in [0.29, 0.717) is 35.3 Å². The second kappa shape index (κ2) is 11.4. The Kier molecular flexibility index (Phi) is 7.60. The Hall–Kier alpha value is -4.31. The molecular weight excluding hydrogens is 494 g/mol. The average molecular weight is 522 g/mol. The fourth-order valence-corrected chi connectivity index (χ4v) is 5.77. The standard InChI is InChI=1S/C29H27N7OS/c1-35(13-3-12-30)25-10-11-26-27(15-25)38-29(33-26)34-28(37)23-5-2-4-21(14-23)18-36-19-24(17-32-36)22-8-6-20(16-31)7-9-22/h2,4-9,14,17,19,25H,3,10-11,13,15,18H2,1H3,(H,33,34,37). The van der Waals surface area contributed by atoms with Crippen molar-refractivity contribution in [2.75, 3.05) is 18.9 Å². The number of nitriles is 2. The lowest BCUT2D eigenvalue weighted by molar-refractivity contribution is 0.102. The molecule has 2 aromatic heterocycles. The first-order chi connectivity index (χ1) is 18.5. The maximum absolute atomic E-state index is 13.0. The van der Waals surface area contributed by atoms with Crippen LogP contribution in [0.4, 0.5) is 5.13 Å². The zero-order valence-electron chi connectivity index (χ0n) is 21.1. The van der Waals surface area contributed by atoms with Gasteiger partial charge in [-0.1, -0.05) is 24.3 Å². The molecule has 38 heavy (non-hydrogen) atoms. The van der Waals surface area contributed by atoms with Crippen LogP contribution in [-0.4, -0.2) is 45.2 Å². The van der Waals surface area contributed by atoms with E-state index in [4.69, 9.17) is 10.5 Å². The van der Waals surface area contributed by atoms with Crippen molar-refractivity contribution in [2.45, 2.75) is 38.3 Å². The van der Waals surface area contributed by atoms with E-state index in [1.165, 1.54) is 4.88 Å². The van der Waals surface area contributed by atoms with Gasteiger partial charge in [0, 0.05) is 41.2 Å². The Bertz CT molecular complexity index is 1520. The number of carbonyl (C=O) groups is 1. The number of aryl methyl sites for hydroxylation is 1. The van der Waals surface area contributed by atoms with Crippen molar-refractivity contribution in [3.05, 3.63) is 88.2 Å². The summed E-state index contributed by atoms with van der Waals surface area (Å²) in [6, 6.07) is 19.7. The molecule has 0 saturated carbocycles.